The van der Waals surface area contributed by atoms with Crippen molar-refractivity contribution in [3.63, 3.8) is 0 Å². The number of ether oxygens (including phenoxy) is 1. The minimum absolute atomic E-state index is 0.140. The number of benzene rings is 1. The standard InChI is InChI=1S/C13H15NO4/c1-2-7-17-8-6-11-14-10-5-3-4-9(13(15)16)12(10)18-11/h3-5H,2,6-8H2,1H3,(H,15,16). The lowest BCUT2D eigenvalue weighted by molar-refractivity contribution is 0.0698. The van der Waals surface area contributed by atoms with Gasteiger partial charge in [0.15, 0.2) is 11.5 Å². The van der Waals surface area contributed by atoms with Crippen LogP contribution in [0.5, 0.6) is 0 Å². The van der Waals surface area contributed by atoms with Crippen molar-refractivity contribution in [3.05, 3.63) is 29.7 Å². The van der Waals surface area contributed by atoms with Crippen LogP contribution in [0, 0.1) is 0 Å². The van der Waals surface area contributed by atoms with E-state index < -0.39 is 5.97 Å². The van der Waals surface area contributed by atoms with Crippen LogP contribution in [0.2, 0.25) is 0 Å². The summed E-state index contributed by atoms with van der Waals surface area (Å²) in [6.45, 7) is 3.28. The fraction of sp³-hybridized carbons (Fsp3) is 0.385. The van der Waals surface area contributed by atoms with E-state index >= 15 is 0 Å². The van der Waals surface area contributed by atoms with Crippen LogP contribution in [0.4, 0.5) is 0 Å². The van der Waals surface area contributed by atoms with Crippen LogP contribution in [-0.4, -0.2) is 29.3 Å². The molecular weight excluding hydrogens is 234 g/mol. The van der Waals surface area contributed by atoms with E-state index in [4.69, 9.17) is 14.3 Å². The van der Waals surface area contributed by atoms with E-state index in [0.29, 0.717) is 36.6 Å². The van der Waals surface area contributed by atoms with Crippen molar-refractivity contribution in [1.29, 1.82) is 0 Å². The van der Waals surface area contributed by atoms with Crippen molar-refractivity contribution in [2.24, 2.45) is 0 Å². The summed E-state index contributed by atoms with van der Waals surface area (Å²) >= 11 is 0. The van der Waals surface area contributed by atoms with Crippen molar-refractivity contribution in [3.8, 4) is 0 Å². The molecule has 1 aromatic heterocycles. The number of carbonyl (C=O) groups is 1. The van der Waals surface area contributed by atoms with Crippen LogP contribution in [0.25, 0.3) is 11.1 Å². The normalized spacial score (nSPS) is 10.9. The Kier molecular flexibility index (Phi) is 3.94. The first-order valence-electron chi connectivity index (χ1n) is 5.92. The zero-order chi connectivity index (χ0) is 13.0. The Bertz CT molecular complexity index is 547. The third kappa shape index (κ3) is 2.68. The number of rotatable bonds is 6. The van der Waals surface area contributed by atoms with Crippen LogP contribution in [0.3, 0.4) is 0 Å². The molecule has 0 aliphatic rings. The molecule has 1 N–H and O–H groups in total. The maximum absolute atomic E-state index is 11.0. The molecule has 1 aromatic carbocycles. The molecule has 96 valence electrons. The smallest absolute Gasteiger partial charge is 0.339 e. The highest BCUT2D eigenvalue weighted by Crippen LogP contribution is 2.20. The van der Waals surface area contributed by atoms with Crippen molar-refractivity contribution in [2.45, 2.75) is 19.8 Å². The maximum atomic E-state index is 11.0. The van der Waals surface area contributed by atoms with Gasteiger partial charge in [-0.25, -0.2) is 9.78 Å². The third-order valence-corrected chi connectivity index (χ3v) is 2.50. The first-order chi connectivity index (χ1) is 8.72. The monoisotopic (exact) mass is 249 g/mol. The van der Waals surface area contributed by atoms with Crippen LogP contribution < -0.4 is 0 Å². The second-order valence-electron chi connectivity index (χ2n) is 3.93. The zero-order valence-electron chi connectivity index (χ0n) is 10.2. The second-order valence-corrected chi connectivity index (χ2v) is 3.93. The lowest BCUT2D eigenvalue weighted by Crippen LogP contribution is -1.99. The minimum Gasteiger partial charge on any atom is -0.478 e. The first-order valence-corrected chi connectivity index (χ1v) is 5.92. The highest BCUT2D eigenvalue weighted by Gasteiger charge is 2.14. The number of hydrogen-bond acceptors (Lipinski definition) is 4. The molecule has 2 rings (SSSR count). The molecule has 18 heavy (non-hydrogen) atoms. The highest BCUT2D eigenvalue weighted by atomic mass is 16.5. The fourth-order valence-electron chi connectivity index (χ4n) is 1.68. The average Bonchev–Trinajstić information content (AvgIpc) is 2.76. The number of nitrogens with zero attached hydrogens (tertiary/aromatic N) is 1. The Hall–Kier alpha value is -1.88. The topological polar surface area (TPSA) is 72.6 Å². The number of carboxylic acid groups (broad SMARTS) is 1. The van der Waals surface area contributed by atoms with Crippen molar-refractivity contribution < 1.29 is 19.1 Å². The molecular formula is C13H15NO4. The molecule has 0 fully saturated rings. The van der Waals surface area contributed by atoms with Gasteiger partial charge in [0.2, 0.25) is 0 Å². The Morgan fingerprint density at radius 1 is 1.44 bits per heavy atom. The van der Waals surface area contributed by atoms with Gasteiger partial charge in [-0.15, -0.1) is 0 Å². The Morgan fingerprint density at radius 2 is 2.28 bits per heavy atom. The third-order valence-electron chi connectivity index (χ3n) is 2.50. The van der Waals surface area contributed by atoms with Crippen molar-refractivity contribution in [1.82, 2.24) is 4.98 Å². The quantitative estimate of drug-likeness (QED) is 0.796. The van der Waals surface area contributed by atoms with Crippen LogP contribution in [0.15, 0.2) is 22.6 Å². The van der Waals surface area contributed by atoms with E-state index in [-0.39, 0.29) is 5.56 Å². The summed E-state index contributed by atoms with van der Waals surface area (Å²) in [5, 5.41) is 9.03. The zero-order valence-corrected chi connectivity index (χ0v) is 10.2. The van der Waals surface area contributed by atoms with Gasteiger partial charge >= 0.3 is 5.97 Å². The van der Waals surface area contributed by atoms with Gasteiger partial charge in [0.25, 0.3) is 0 Å². The summed E-state index contributed by atoms with van der Waals surface area (Å²) in [4.78, 5) is 15.3. The Labute approximate surface area is 104 Å². The molecule has 0 saturated heterocycles. The molecule has 0 amide bonds. The molecule has 0 aliphatic carbocycles. The first kappa shape index (κ1) is 12.6. The van der Waals surface area contributed by atoms with E-state index in [1.807, 2.05) is 6.92 Å². The number of aromatic carboxylic acids is 1. The molecule has 5 nitrogen and oxygen atoms in total. The number of aromatic nitrogens is 1. The number of hydrogen-bond donors (Lipinski definition) is 1. The van der Waals surface area contributed by atoms with E-state index in [2.05, 4.69) is 4.98 Å². The summed E-state index contributed by atoms with van der Waals surface area (Å²) in [6, 6.07) is 4.90. The lowest BCUT2D eigenvalue weighted by atomic mass is 10.2. The summed E-state index contributed by atoms with van der Waals surface area (Å²) in [7, 11) is 0. The van der Waals surface area contributed by atoms with Gasteiger partial charge in [0, 0.05) is 13.0 Å². The molecule has 0 atom stereocenters. The molecule has 0 saturated carbocycles. The Balaban J connectivity index is 2.17. The van der Waals surface area contributed by atoms with Crippen molar-refractivity contribution in [2.75, 3.05) is 13.2 Å². The molecule has 0 aliphatic heterocycles. The molecule has 0 bridgehead atoms. The second kappa shape index (κ2) is 5.64. The molecule has 1 heterocycles. The van der Waals surface area contributed by atoms with E-state index in [0.717, 1.165) is 6.42 Å². The molecule has 2 aromatic rings. The van der Waals surface area contributed by atoms with Gasteiger partial charge in [0.05, 0.1) is 6.61 Å². The molecule has 0 spiro atoms. The van der Waals surface area contributed by atoms with Gasteiger partial charge in [0.1, 0.15) is 11.1 Å². The summed E-state index contributed by atoms with van der Waals surface area (Å²) in [5.41, 5.74) is 1.04. The maximum Gasteiger partial charge on any atom is 0.339 e. The highest BCUT2D eigenvalue weighted by molar-refractivity contribution is 5.99. The molecule has 0 unspecified atom stereocenters. The fourth-order valence-corrected chi connectivity index (χ4v) is 1.68. The number of para-hydroxylation sites is 1. The van der Waals surface area contributed by atoms with Crippen molar-refractivity contribution >= 4 is 17.1 Å². The van der Waals surface area contributed by atoms with Gasteiger partial charge in [-0.3, -0.25) is 0 Å². The number of carboxylic acids is 1. The number of oxazole rings is 1. The van der Waals surface area contributed by atoms with Crippen LogP contribution in [-0.2, 0) is 11.2 Å². The van der Waals surface area contributed by atoms with Gasteiger partial charge in [-0.05, 0) is 18.6 Å². The molecule has 5 heteroatoms. The van der Waals surface area contributed by atoms with E-state index in [9.17, 15) is 4.79 Å². The predicted octanol–water partition coefficient (Wildman–Crippen LogP) is 2.50. The van der Waals surface area contributed by atoms with Crippen LogP contribution >= 0.6 is 0 Å². The van der Waals surface area contributed by atoms with Crippen LogP contribution in [0.1, 0.15) is 29.6 Å². The summed E-state index contributed by atoms with van der Waals surface area (Å²) < 4.78 is 10.8. The predicted molar refractivity (Wildman–Crippen MR) is 65.8 cm³/mol. The number of fused-ring (bicyclic) bond motifs is 1. The van der Waals surface area contributed by atoms with E-state index in [1.165, 1.54) is 6.07 Å². The van der Waals surface area contributed by atoms with Gasteiger partial charge in [-0.1, -0.05) is 13.0 Å². The lowest BCUT2D eigenvalue weighted by Gasteiger charge is -1.98. The Morgan fingerprint density at radius 3 is 3.00 bits per heavy atom. The molecule has 0 radical (unpaired) electrons. The average molecular weight is 249 g/mol. The largest absolute Gasteiger partial charge is 0.478 e. The summed E-state index contributed by atoms with van der Waals surface area (Å²) in [6.07, 6.45) is 1.52. The summed E-state index contributed by atoms with van der Waals surface area (Å²) in [5.74, 6) is -0.500. The van der Waals surface area contributed by atoms with E-state index in [1.54, 1.807) is 12.1 Å². The van der Waals surface area contributed by atoms with Gasteiger partial charge < -0.3 is 14.3 Å². The minimum atomic E-state index is -1.01. The van der Waals surface area contributed by atoms with Gasteiger partial charge in [-0.2, -0.15) is 0 Å². The SMILES string of the molecule is CCCOCCc1nc2cccc(C(=O)O)c2o1.